The van der Waals surface area contributed by atoms with E-state index in [0.29, 0.717) is 36.6 Å². The number of benzene rings is 2. The fraction of sp³-hybridized carbons (Fsp3) is 0.424. The third kappa shape index (κ3) is 7.56. The quantitative estimate of drug-likeness (QED) is 0.213. The van der Waals surface area contributed by atoms with Gasteiger partial charge in [0.1, 0.15) is 11.6 Å². The first-order valence-corrected chi connectivity index (χ1v) is 16.4. The highest BCUT2D eigenvalue weighted by atomic mass is 32.2. The van der Waals surface area contributed by atoms with E-state index < -0.39 is 9.84 Å². The monoisotopic (exact) mass is 590 g/mol. The molecule has 4 aromatic rings. The van der Waals surface area contributed by atoms with Crippen molar-refractivity contribution >= 4 is 9.84 Å². The number of nitrogens with zero attached hydrogens (tertiary/aromatic N) is 4. The molecule has 0 amide bonds. The van der Waals surface area contributed by atoms with Crippen LogP contribution in [0.15, 0.2) is 65.5 Å². The summed E-state index contributed by atoms with van der Waals surface area (Å²) in [5, 5.41) is 4.69. The molecular weight excluding hydrogens is 548 g/mol. The Hall–Kier alpha value is -3.72. The van der Waals surface area contributed by atoms with Crippen LogP contribution in [-0.2, 0) is 46.9 Å². The molecule has 2 aromatic carbocycles. The third-order valence-electron chi connectivity index (χ3n) is 7.53. The minimum atomic E-state index is -3.24. The normalized spacial score (nSPS) is 12.0. The van der Waals surface area contributed by atoms with E-state index in [4.69, 9.17) is 9.84 Å². The molecule has 0 saturated carbocycles. The van der Waals surface area contributed by atoms with Crippen molar-refractivity contribution in [1.82, 2.24) is 19.3 Å². The molecule has 0 unspecified atom stereocenters. The van der Waals surface area contributed by atoms with E-state index in [-0.39, 0.29) is 22.6 Å². The molecule has 0 fully saturated rings. The van der Waals surface area contributed by atoms with Crippen molar-refractivity contribution < 1.29 is 13.2 Å². The molecule has 8 nitrogen and oxygen atoms in total. The van der Waals surface area contributed by atoms with Crippen LogP contribution in [0.2, 0.25) is 0 Å². The summed E-state index contributed by atoms with van der Waals surface area (Å²) >= 11 is 0. The van der Waals surface area contributed by atoms with E-state index in [1.165, 1.54) is 18.2 Å². The summed E-state index contributed by atoms with van der Waals surface area (Å²) in [4.78, 5) is 17.6. The van der Waals surface area contributed by atoms with Gasteiger partial charge in [0, 0.05) is 24.3 Å². The van der Waals surface area contributed by atoms with E-state index in [2.05, 4.69) is 62.2 Å². The second kappa shape index (κ2) is 13.1. The molecule has 2 heterocycles. The van der Waals surface area contributed by atoms with Gasteiger partial charge in [0.05, 0.1) is 30.8 Å². The average Bonchev–Trinajstić information content (AvgIpc) is 3.26. The molecule has 224 valence electrons. The maximum atomic E-state index is 13.0. The van der Waals surface area contributed by atoms with Gasteiger partial charge in [0.15, 0.2) is 9.84 Å². The average molecular weight is 591 g/mol. The lowest BCUT2D eigenvalue weighted by Crippen LogP contribution is -2.25. The Kier molecular flexibility index (Phi) is 9.71. The van der Waals surface area contributed by atoms with Crippen LogP contribution in [0.3, 0.4) is 0 Å². The van der Waals surface area contributed by atoms with Crippen molar-refractivity contribution in [2.24, 2.45) is 0 Å². The molecule has 4 rings (SSSR count). The molecule has 0 atom stereocenters. The van der Waals surface area contributed by atoms with Crippen molar-refractivity contribution in [3.05, 3.63) is 99.4 Å². The highest BCUT2D eigenvalue weighted by Crippen LogP contribution is 2.26. The minimum Gasteiger partial charge on any atom is -0.495 e. The van der Waals surface area contributed by atoms with Gasteiger partial charge in [-0.1, -0.05) is 76.2 Å². The van der Waals surface area contributed by atoms with Gasteiger partial charge in [-0.3, -0.25) is 4.57 Å². The molecule has 0 N–H and O–H groups in total. The van der Waals surface area contributed by atoms with E-state index in [1.54, 1.807) is 22.2 Å². The van der Waals surface area contributed by atoms with Crippen molar-refractivity contribution in [2.45, 2.75) is 78.1 Å². The summed E-state index contributed by atoms with van der Waals surface area (Å²) in [7, 11) is -1.73. The predicted molar refractivity (Wildman–Crippen MR) is 168 cm³/mol. The van der Waals surface area contributed by atoms with Gasteiger partial charge in [0.25, 0.3) is 0 Å². The minimum absolute atomic E-state index is 0.0524. The van der Waals surface area contributed by atoms with Crippen LogP contribution in [0, 0.1) is 0 Å². The van der Waals surface area contributed by atoms with Gasteiger partial charge >= 0.3 is 5.69 Å². The van der Waals surface area contributed by atoms with E-state index in [1.807, 2.05) is 25.1 Å². The first-order chi connectivity index (χ1) is 19.9. The zero-order chi connectivity index (χ0) is 30.5. The van der Waals surface area contributed by atoms with Crippen molar-refractivity contribution in [1.29, 1.82) is 0 Å². The molecule has 0 spiro atoms. The lowest BCUT2D eigenvalue weighted by Gasteiger charge is -2.19. The number of pyridine rings is 1. The molecule has 0 bridgehead atoms. The number of aryl methyl sites for hydroxylation is 2. The van der Waals surface area contributed by atoms with Gasteiger partial charge in [-0.2, -0.15) is 5.10 Å². The van der Waals surface area contributed by atoms with Crippen LogP contribution in [0.4, 0.5) is 0 Å². The number of methoxy groups -OCH3 is 1. The number of rotatable bonds is 12. The summed E-state index contributed by atoms with van der Waals surface area (Å²) in [6.07, 6.45) is 2.40. The van der Waals surface area contributed by atoms with E-state index >= 15 is 0 Å². The fourth-order valence-electron chi connectivity index (χ4n) is 4.92. The first kappa shape index (κ1) is 31.2. The maximum absolute atomic E-state index is 13.0. The van der Waals surface area contributed by atoms with E-state index in [9.17, 15) is 13.2 Å². The lowest BCUT2D eigenvalue weighted by atomic mass is 9.87. The predicted octanol–water partition coefficient (Wildman–Crippen LogP) is 5.59. The van der Waals surface area contributed by atoms with Gasteiger partial charge in [-0.05, 0) is 54.0 Å². The SMILES string of the molecule is CCn1c(CCCc2ccc(-c3ccc(OC)c(CS(=O)(=O)CC)n3)cc2)nn(Cc2ccc(C(C)(C)C)cc2)c1=O. The number of hydrogen-bond donors (Lipinski definition) is 0. The number of aromatic nitrogens is 4. The van der Waals surface area contributed by atoms with Crippen LogP contribution in [0.1, 0.15) is 69.2 Å². The third-order valence-corrected chi connectivity index (χ3v) is 9.13. The number of hydrogen-bond acceptors (Lipinski definition) is 6. The Bertz CT molecular complexity index is 1660. The van der Waals surface area contributed by atoms with Gasteiger partial charge < -0.3 is 4.74 Å². The first-order valence-electron chi connectivity index (χ1n) is 14.5. The Morgan fingerprint density at radius 2 is 1.55 bits per heavy atom. The van der Waals surface area contributed by atoms with Gasteiger partial charge in [0.2, 0.25) is 0 Å². The molecule has 0 aliphatic heterocycles. The van der Waals surface area contributed by atoms with Crippen LogP contribution in [-0.4, -0.2) is 40.6 Å². The zero-order valence-corrected chi connectivity index (χ0v) is 26.4. The largest absolute Gasteiger partial charge is 0.495 e. The standard InChI is InChI=1S/C33H42N4O4S/c1-7-36-31(35-37(32(36)38)22-25-14-18-27(19-15-25)33(3,4)5)11-9-10-24-12-16-26(17-13-24)28-20-21-30(41-6)29(34-28)23-42(39,40)8-2/h12-21H,7-11,22-23H2,1-6H3. The lowest BCUT2D eigenvalue weighted by molar-refractivity contribution is 0.408. The summed E-state index contributed by atoms with van der Waals surface area (Å²) in [5.74, 6) is 1.18. The highest BCUT2D eigenvalue weighted by molar-refractivity contribution is 7.90. The topological polar surface area (TPSA) is 96.1 Å². The van der Waals surface area contributed by atoms with Gasteiger partial charge in [-0.25, -0.2) is 22.9 Å². The summed E-state index contributed by atoms with van der Waals surface area (Å²) in [6.45, 7) is 11.2. The summed E-state index contributed by atoms with van der Waals surface area (Å²) < 4.78 is 33.1. The van der Waals surface area contributed by atoms with Crippen molar-refractivity contribution in [3.63, 3.8) is 0 Å². The Morgan fingerprint density at radius 1 is 0.881 bits per heavy atom. The molecule has 42 heavy (non-hydrogen) atoms. The molecule has 0 radical (unpaired) electrons. The molecule has 2 aromatic heterocycles. The zero-order valence-electron chi connectivity index (χ0n) is 25.6. The molecule has 9 heteroatoms. The summed E-state index contributed by atoms with van der Waals surface area (Å²) in [6, 6.07) is 20.2. The molecule has 0 aliphatic rings. The second-order valence-corrected chi connectivity index (χ2v) is 14.0. The molecule has 0 aliphatic carbocycles. The Balaban J connectivity index is 1.41. The second-order valence-electron chi connectivity index (χ2n) is 11.6. The number of ether oxygens (including phenoxy) is 1. The molecular formula is C33H42N4O4S. The van der Waals surface area contributed by atoms with Gasteiger partial charge in [-0.15, -0.1) is 0 Å². The van der Waals surface area contributed by atoms with Crippen molar-refractivity contribution in [2.75, 3.05) is 12.9 Å². The molecule has 0 saturated heterocycles. The number of sulfone groups is 1. The smallest absolute Gasteiger partial charge is 0.346 e. The van der Waals surface area contributed by atoms with Crippen LogP contribution < -0.4 is 10.4 Å². The Morgan fingerprint density at radius 3 is 2.14 bits per heavy atom. The van der Waals surface area contributed by atoms with Crippen LogP contribution in [0.25, 0.3) is 11.3 Å². The summed E-state index contributed by atoms with van der Waals surface area (Å²) in [5.41, 5.74) is 5.54. The maximum Gasteiger partial charge on any atom is 0.346 e. The highest BCUT2D eigenvalue weighted by Gasteiger charge is 2.17. The van der Waals surface area contributed by atoms with Crippen LogP contribution in [0.5, 0.6) is 5.75 Å². The van der Waals surface area contributed by atoms with Crippen molar-refractivity contribution in [3.8, 4) is 17.0 Å². The fourth-order valence-corrected chi connectivity index (χ4v) is 5.74. The Labute approximate surface area is 249 Å². The van der Waals surface area contributed by atoms with Crippen LogP contribution >= 0.6 is 0 Å². The van der Waals surface area contributed by atoms with E-state index in [0.717, 1.165) is 29.8 Å².